The van der Waals surface area contributed by atoms with Gasteiger partial charge in [-0.3, -0.25) is 4.79 Å². The molecule has 1 aliphatic rings. The van der Waals surface area contributed by atoms with E-state index in [4.69, 9.17) is 16.3 Å². The first-order chi connectivity index (χ1) is 12.1. The number of likely N-dealkylation sites (tertiary alicyclic amines) is 1. The van der Waals surface area contributed by atoms with Crippen LogP contribution in [0.25, 0.3) is 0 Å². The van der Waals surface area contributed by atoms with E-state index in [1.165, 1.54) is 5.56 Å². The molecule has 0 saturated carbocycles. The lowest BCUT2D eigenvalue weighted by Gasteiger charge is -2.33. The monoisotopic (exact) mass is 357 g/mol. The molecule has 25 heavy (non-hydrogen) atoms. The average Bonchev–Trinajstić information content (AvgIpc) is 2.64. The molecule has 1 amide bonds. The minimum Gasteiger partial charge on any atom is -0.481 e. The molecule has 0 aliphatic carbocycles. The van der Waals surface area contributed by atoms with Crippen molar-refractivity contribution in [1.82, 2.24) is 4.90 Å². The van der Waals surface area contributed by atoms with Crippen LogP contribution in [0.3, 0.4) is 0 Å². The number of carbonyl (C=O) groups excluding carboxylic acids is 1. The van der Waals surface area contributed by atoms with Crippen LogP contribution in [0, 0.1) is 5.92 Å². The summed E-state index contributed by atoms with van der Waals surface area (Å²) in [5.74, 6) is 1.39. The normalized spacial score (nSPS) is 16.5. The molecule has 0 bridgehead atoms. The molecular formula is C21H24ClNO2. The second-order valence-electron chi connectivity index (χ2n) is 6.67. The smallest absolute Gasteiger partial charge is 0.263 e. The summed E-state index contributed by atoms with van der Waals surface area (Å²) in [7, 11) is 0. The number of hydrogen-bond donors (Lipinski definition) is 0. The zero-order valence-corrected chi connectivity index (χ0v) is 15.3. The number of benzene rings is 2. The Morgan fingerprint density at radius 3 is 2.40 bits per heavy atom. The molecule has 1 aliphatic heterocycles. The Kier molecular flexibility index (Phi) is 5.98. The summed E-state index contributed by atoms with van der Waals surface area (Å²) >= 11 is 5.87. The van der Waals surface area contributed by atoms with Crippen molar-refractivity contribution in [2.75, 3.05) is 13.1 Å². The largest absolute Gasteiger partial charge is 0.481 e. The van der Waals surface area contributed by atoms with Gasteiger partial charge in [-0.2, -0.15) is 0 Å². The van der Waals surface area contributed by atoms with Crippen LogP contribution in [-0.4, -0.2) is 30.0 Å². The zero-order valence-electron chi connectivity index (χ0n) is 14.5. The second-order valence-corrected chi connectivity index (χ2v) is 7.11. The zero-order chi connectivity index (χ0) is 17.6. The van der Waals surface area contributed by atoms with Crippen molar-refractivity contribution >= 4 is 17.5 Å². The first kappa shape index (κ1) is 17.8. The Bertz CT molecular complexity index is 679. The number of amides is 1. The van der Waals surface area contributed by atoms with Crippen LogP contribution >= 0.6 is 11.6 Å². The highest BCUT2D eigenvalue weighted by Crippen LogP contribution is 2.23. The van der Waals surface area contributed by atoms with Crippen LogP contribution in [0.5, 0.6) is 5.75 Å². The van der Waals surface area contributed by atoms with Gasteiger partial charge in [-0.25, -0.2) is 0 Å². The molecule has 1 heterocycles. The molecule has 3 nitrogen and oxygen atoms in total. The minimum atomic E-state index is -0.480. The molecule has 0 radical (unpaired) electrons. The quantitative estimate of drug-likeness (QED) is 0.783. The summed E-state index contributed by atoms with van der Waals surface area (Å²) in [6.45, 7) is 3.43. The van der Waals surface area contributed by atoms with Crippen molar-refractivity contribution in [2.24, 2.45) is 5.92 Å². The maximum absolute atomic E-state index is 12.6. The van der Waals surface area contributed by atoms with E-state index >= 15 is 0 Å². The first-order valence-corrected chi connectivity index (χ1v) is 9.24. The van der Waals surface area contributed by atoms with Gasteiger partial charge >= 0.3 is 0 Å². The van der Waals surface area contributed by atoms with Crippen LogP contribution in [0.4, 0.5) is 0 Å². The highest BCUT2D eigenvalue weighted by molar-refractivity contribution is 6.30. The molecule has 1 saturated heterocycles. The van der Waals surface area contributed by atoms with Gasteiger partial charge in [0.15, 0.2) is 6.10 Å². The van der Waals surface area contributed by atoms with Crippen molar-refractivity contribution < 1.29 is 9.53 Å². The summed E-state index contributed by atoms with van der Waals surface area (Å²) in [4.78, 5) is 14.5. The molecule has 0 N–H and O–H groups in total. The third-order valence-electron chi connectivity index (χ3n) is 4.77. The Labute approximate surface area is 154 Å². The van der Waals surface area contributed by atoms with Gasteiger partial charge in [0.05, 0.1) is 0 Å². The molecule has 3 rings (SSSR count). The van der Waals surface area contributed by atoms with Gasteiger partial charge in [0.1, 0.15) is 5.75 Å². The van der Waals surface area contributed by atoms with Crippen molar-refractivity contribution in [3.8, 4) is 5.75 Å². The summed E-state index contributed by atoms with van der Waals surface area (Å²) in [5, 5.41) is 0.659. The van der Waals surface area contributed by atoms with Gasteiger partial charge in [-0.1, -0.05) is 41.9 Å². The van der Waals surface area contributed by atoms with Crippen LogP contribution in [0.1, 0.15) is 25.3 Å². The molecule has 2 aromatic carbocycles. The number of ether oxygens (including phenoxy) is 1. The molecule has 1 atom stereocenters. The number of carbonyl (C=O) groups is 1. The lowest BCUT2D eigenvalue weighted by Crippen LogP contribution is -2.45. The van der Waals surface area contributed by atoms with E-state index < -0.39 is 6.10 Å². The van der Waals surface area contributed by atoms with Crippen LogP contribution in [0.15, 0.2) is 54.6 Å². The predicted octanol–water partition coefficient (Wildman–Crippen LogP) is 4.59. The van der Waals surface area contributed by atoms with Gasteiger partial charge in [0.2, 0.25) is 0 Å². The highest BCUT2D eigenvalue weighted by atomic mass is 35.5. The van der Waals surface area contributed by atoms with Gasteiger partial charge in [-0.15, -0.1) is 0 Å². The van der Waals surface area contributed by atoms with Crippen molar-refractivity contribution in [2.45, 2.75) is 32.3 Å². The maximum Gasteiger partial charge on any atom is 0.263 e. The summed E-state index contributed by atoms with van der Waals surface area (Å²) in [5.41, 5.74) is 1.38. The number of halogens is 1. The number of hydrogen-bond acceptors (Lipinski definition) is 2. The third-order valence-corrected chi connectivity index (χ3v) is 5.02. The highest BCUT2D eigenvalue weighted by Gasteiger charge is 2.27. The summed E-state index contributed by atoms with van der Waals surface area (Å²) in [6, 6.07) is 17.7. The topological polar surface area (TPSA) is 29.5 Å². The first-order valence-electron chi connectivity index (χ1n) is 8.87. The second kappa shape index (κ2) is 8.39. The molecular weight excluding hydrogens is 334 g/mol. The van der Waals surface area contributed by atoms with E-state index in [1.54, 1.807) is 24.3 Å². The lowest BCUT2D eigenvalue weighted by molar-refractivity contribution is -0.139. The van der Waals surface area contributed by atoms with Gasteiger partial charge in [0.25, 0.3) is 5.91 Å². The van der Waals surface area contributed by atoms with E-state index in [0.29, 0.717) is 16.7 Å². The van der Waals surface area contributed by atoms with Crippen molar-refractivity contribution in [3.63, 3.8) is 0 Å². The predicted molar refractivity (Wildman–Crippen MR) is 101 cm³/mol. The van der Waals surface area contributed by atoms with Crippen LogP contribution in [-0.2, 0) is 11.2 Å². The third kappa shape index (κ3) is 4.99. The Balaban J connectivity index is 1.48. The fraction of sp³-hybridized carbons (Fsp3) is 0.381. The summed E-state index contributed by atoms with van der Waals surface area (Å²) < 4.78 is 5.76. The Morgan fingerprint density at radius 2 is 1.76 bits per heavy atom. The van der Waals surface area contributed by atoms with Crippen LogP contribution < -0.4 is 4.74 Å². The van der Waals surface area contributed by atoms with Gasteiger partial charge < -0.3 is 9.64 Å². The minimum absolute atomic E-state index is 0.0631. The van der Waals surface area contributed by atoms with E-state index in [2.05, 4.69) is 24.3 Å². The molecule has 2 aromatic rings. The Hall–Kier alpha value is -2.00. The number of piperidine rings is 1. The van der Waals surface area contributed by atoms with Crippen LogP contribution in [0.2, 0.25) is 5.02 Å². The number of nitrogens with zero attached hydrogens (tertiary/aromatic N) is 1. The van der Waals surface area contributed by atoms with Gasteiger partial charge in [-0.05, 0) is 61.9 Å². The SMILES string of the molecule is C[C@@H](Oc1ccc(Cl)cc1)C(=O)N1CCC(Cc2ccccc2)CC1. The molecule has 0 aromatic heterocycles. The maximum atomic E-state index is 12.6. The number of rotatable bonds is 5. The average molecular weight is 358 g/mol. The Morgan fingerprint density at radius 1 is 1.12 bits per heavy atom. The fourth-order valence-electron chi connectivity index (χ4n) is 3.33. The van der Waals surface area contributed by atoms with E-state index in [9.17, 15) is 4.79 Å². The molecule has 1 fully saturated rings. The lowest BCUT2D eigenvalue weighted by atomic mass is 9.90. The fourth-order valence-corrected chi connectivity index (χ4v) is 3.46. The standard InChI is InChI=1S/C21H24ClNO2/c1-16(25-20-9-7-19(22)8-10-20)21(24)23-13-11-18(12-14-23)15-17-5-3-2-4-6-17/h2-10,16,18H,11-15H2,1H3/t16-/m1/s1. The summed E-state index contributed by atoms with van der Waals surface area (Å²) in [6.07, 6.45) is 2.72. The molecule has 132 valence electrons. The molecule has 0 spiro atoms. The molecule has 4 heteroatoms. The van der Waals surface area contributed by atoms with E-state index in [1.807, 2.05) is 17.9 Å². The molecule has 0 unspecified atom stereocenters. The van der Waals surface area contributed by atoms with Crippen molar-refractivity contribution in [3.05, 3.63) is 65.2 Å². The van der Waals surface area contributed by atoms with Gasteiger partial charge in [0, 0.05) is 18.1 Å². The van der Waals surface area contributed by atoms with E-state index in [-0.39, 0.29) is 5.91 Å². The van der Waals surface area contributed by atoms with E-state index in [0.717, 1.165) is 32.4 Å². The van der Waals surface area contributed by atoms with Crippen molar-refractivity contribution in [1.29, 1.82) is 0 Å².